The van der Waals surface area contributed by atoms with Crippen molar-refractivity contribution in [2.45, 2.75) is 16.2 Å². The standard InChI is InChI=1S/C11H12N2O3S3/c1-15-10(14)9(7-3-4-18-5-7)19-11-13-12-8(16-11)6-17-2/h3-5,9H,6H2,1-2H3/t9-/m0/s1. The number of aromatic nitrogens is 2. The second-order valence-corrected chi connectivity index (χ2v) is 6.17. The van der Waals surface area contributed by atoms with E-state index in [9.17, 15) is 4.79 Å². The van der Waals surface area contributed by atoms with Crippen molar-refractivity contribution in [2.24, 2.45) is 0 Å². The van der Waals surface area contributed by atoms with Crippen molar-refractivity contribution < 1.29 is 13.9 Å². The second-order valence-electron chi connectivity index (χ2n) is 3.47. The second kappa shape index (κ2) is 6.97. The van der Waals surface area contributed by atoms with E-state index in [0.717, 1.165) is 5.56 Å². The Morgan fingerprint density at radius 1 is 1.58 bits per heavy atom. The number of hydrogen-bond acceptors (Lipinski definition) is 8. The molecule has 0 bridgehead atoms. The maximum Gasteiger partial charge on any atom is 0.323 e. The van der Waals surface area contributed by atoms with E-state index in [-0.39, 0.29) is 5.97 Å². The molecule has 8 heteroatoms. The summed E-state index contributed by atoms with van der Waals surface area (Å²) >= 11 is 4.34. The molecule has 0 saturated heterocycles. The van der Waals surface area contributed by atoms with Crippen molar-refractivity contribution >= 4 is 40.8 Å². The fourth-order valence-electron chi connectivity index (χ4n) is 1.35. The van der Waals surface area contributed by atoms with Gasteiger partial charge in [-0.15, -0.1) is 10.2 Å². The highest BCUT2D eigenvalue weighted by molar-refractivity contribution is 8.00. The molecule has 2 heterocycles. The largest absolute Gasteiger partial charge is 0.468 e. The highest BCUT2D eigenvalue weighted by atomic mass is 32.2. The molecule has 0 fully saturated rings. The van der Waals surface area contributed by atoms with Crippen LogP contribution in [0.25, 0.3) is 0 Å². The Morgan fingerprint density at radius 2 is 2.42 bits per heavy atom. The third kappa shape index (κ3) is 3.74. The number of methoxy groups -OCH3 is 1. The monoisotopic (exact) mass is 316 g/mol. The Bertz CT molecular complexity index is 527. The molecule has 0 aliphatic rings. The van der Waals surface area contributed by atoms with Crippen LogP contribution in [0.1, 0.15) is 16.7 Å². The molecule has 102 valence electrons. The number of carbonyl (C=O) groups excluding carboxylic acids is 1. The zero-order valence-electron chi connectivity index (χ0n) is 10.4. The normalized spacial score (nSPS) is 12.3. The van der Waals surface area contributed by atoms with Crippen molar-refractivity contribution in [3.05, 3.63) is 28.3 Å². The summed E-state index contributed by atoms with van der Waals surface area (Å²) in [6, 6.07) is 1.89. The molecule has 19 heavy (non-hydrogen) atoms. The van der Waals surface area contributed by atoms with Crippen LogP contribution in [0.15, 0.2) is 26.5 Å². The first kappa shape index (κ1) is 14.4. The van der Waals surface area contributed by atoms with E-state index in [0.29, 0.717) is 16.9 Å². The third-order valence-corrected chi connectivity index (χ3v) is 4.50. The molecule has 2 rings (SSSR count). The number of nitrogens with zero attached hydrogens (tertiary/aromatic N) is 2. The summed E-state index contributed by atoms with van der Waals surface area (Å²) in [5, 5.41) is 11.6. The number of esters is 1. The Kier molecular flexibility index (Phi) is 5.29. The molecule has 0 aliphatic heterocycles. The van der Waals surface area contributed by atoms with Crippen LogP contribution < -0.4 is 0 Å². The van der Waals surface area contributed by atoms with Crippen molar-refractivity contribution in [3.8, 4) is 0 Å². The molecule has 0 amide bonds. The fraction of sp³-hybridized carbons (Fsp3) is 0.364. The van der Waals surface area contributed by atoms with Gasteiger partial charge in [0.15, 0.2) is 0 Å². The van der Waals surface area contributed by atoms with E-state index in [4.69, 9.17) is 9.15 Å². The minimum Gasteiger partial charge on any atom is -0.468 e. The van der Waals surface area contributed by atoms with Gasteiger partial charge in [0, 0.05) is 0 Å². The van der Waals surface area contributed by atoms with E-state index in [2.05, 4.69) is 10.2 Å². The molecule has 2 aromatic heterocycles. The van der Waals surface area contributed by atoms with Gasteiger partial charge in [0.2, 0.25) is 5.89 Å². The summed E-state index contributed by atoms with van der Waals surface area (Å²) in [6.07, 6.45) is 1.96. The summed E-state index contributed by atoms with van der Waals surface area (Å²) in [4.78, 5) is 11.8. The average Bonchev–Trinajstić information content (AvgIpc) is 3.06. The van der Waals surface area contributed by atoms with Crippen molar-refractivity contribution in [1.29, 1.82) is 0 Å². The van der Waals surface area contributed by atoms with Gasteiger partial charge in [-0.25, -0.2) is 0 Å². The van der Waals surface area contributed by atoms with E-state index in [1.807, 2.05) is 23.1 Å². The summed E-state index contributed by atoms with van der Waals surface area (Å²) in [5.74, 6) is 0.895. The van der Waals surface area contributed by atoms with E-state index >= 15 is 0 Å². The number of carbonyl (C=O) groups is 1. The van der Waals surface area contributed by atoms with Crippen LogP contribution in [-0.4, -0.2) is 29.5 Å². The maximum atomic E-state index is 11.8. The van der Waals surface area contributed by atoms with Crippen LogP contribution in [0.5, 0.6) is 0 Å². The molecule has 2 aromatic rings. The summed E-state index contributed by atoms with van der Waals surface area (Å²) < 4.78 is 10.3. The van der Waals surface area contributed by atoms with Gasteiger partial charge in [-0.2, -0.15) is 23.1 Å². The lowest BCUT2D eigenvalue weighted by atomic mass is 10.2. The highest BCUT2D eigenvalue weighted by Crippen LogP contribution is 2.36. The minimum atomic E-state index is -0.473. The quantitative estimate of drug-likeness (QED) is 0.599. The molecular weight excluding hydrogens is 304 g/mol. The first-order valence-corrected chi connectivity index (χ1v) is 8.54. The fourth-order valence-corrected chi connectivity index (χ4v) is 3.40. The van der Waals surface area contributed by atoms with Gasteiger partial charge < -0.3 is 9.15 Å². The van der Waals surface area contributed by atoms with Crippen LogP contribution in [0.4, 0.5) is 0 Å². The van der Waals surface area contributed by atoms with Crippen LogP contribution in [0.3, 0.4) is 0 Å². The molecule has 0 aliphatic carbocycles. The topological polar surface area (TPSA) is 65.2 Å². The van der Waals surface area contributed by atoms with Gasteiger partial charge in [0.05, 0.1) is 12.9 Å². The Balaban J connectivity index is 2.13. The van der Waals surface area contributed by atoms with Crippen molar-refractivity contribution in [2.75, 3.05) is 13.4 Å². The summed E-state index contributed by atoms with van der Waals surface area (Å²) in [7, 11) is 1.37. The predicted octanol–water partition coefficient (Wildman–Crippen LogP) is 3.00. The molecule has 0 radical (unpaired) electrons. The van der Waals surface area contributed by atoms with Crippen molar-refractivity contribution in [3.63, 3.8) is 0 Å². The zero-order chi connectivity index (χ0) is 13.7. The number of thiophene rings is 1. The first-order valence-electron chi connectivity index (χ1n) is 5.32. The van der Waals surface area contributed by atoms with Gasteiger partial charge in [0.1, 0.15) is 5.25 Å². The predicted molar refractivity (Wildman–Crippen MR) is 76.5 cm³/mol. The summed E-state index contributed by atoms with van der Waals surface area (Å²) in [5.41, 5.74) is 0.881. The van der Waals surface area contributed by atoms with Gasteiger partial charge in [-0.05, 0) is 40.4 Å². The average molecular weight is 316 g/mol. The molecule has 0 N–H and O–H groups in total. The van der Waals surface area contributed by atoms with Gasteiger partial charge in [-0.1, -0.05) is 0 Å². The smallest absolute Gasteiger partial charge is 0.323 e. The van der Waals surface area contributed by atoms with Crippen LogP contribution in [0, 0.1) is 0 Å². The van der Waals surface area contributed by atoms with Gasteiger partial charge in [0.25, 0.3) is 5.22 Å². The third-order valence-electron chi connectivity index (χ3n) is 2.20. The number of thioether (sulfide) groups is 2. The molecule has 1 atom stereocenters. The minimum absolute atomic E-state index is 0.326. The van der Waals surface area contributed by atoms with Gasteiger partial charge in [-0.3, -0.25) is 4.79 Å². The zero-order valence-corrected chi connectivity index (χ0v) is 12.8. The highest BCUT2D eigenvalue weighted by Gasteiger charge is 2.26. The number of rotatable bonds is 6. The number of ether oxygens (including phenoxy) is 1. The lowest BCUT2D eigenvalue weighted by Crippen LogP contribution is -2.10. The number of hydrogen-bond donors (Lipinski definition) is 0. The Morgan fingerprint density at radius 3 is 3.05 bits per heavy atom. The lowest BCUT2D eigenvalue weighted by molar-refractivity contribution is -0.140. The SMILES string of the molecule is COC(=O)[C@@H](Sc1nnc(CSC)o1)c1ccsc1. The van der Waals surface area contributed by atoms with E-state index in [1.165, 1.54) is 30.2 Å². The molecule has 0 aromatic carbocycles. The van der Waals surface area contributed by atoms with E-state index < -0.39 is 5.25 Å². The Hall–Kier alpha value is -0.990. The van der Waals surface area contributed by atoms with Crippen LogP contribution >= 0.6 is 34.9 Å². The molecule has 0 saturated carbocycles. The van der Waals surface area contributed by atoms with E-state index in [1.54, 1.807) is 11.8 Å². The molecule has 0 unspecified atom stereocenters. The molecule has 0 spiro atoms. The summed E-state index contributed by atoms with van der Waals surface area (Å²) in [6.45, 7) is 0. The maximum absolute atomic E-state index is 11.8. The molecular formula is C11H12N2O3S3. The molecule has 5 nitrogen and oxygen atoms in total. The first-order chi connectivity index (χ1) is 9.24. The van der Waals surface area contributed by atoms with Crippen LogP contribution in [0.2, 0.25) is 0 Å². The Labute approximate surface area is 123 Å². The van der Waals surface area contributed by atoms with Crippen molar-refractivity contribution in [1.82, 2.24) is 10.2 Å². The lowest BCUT2D eigenvalue weighted by Gasteiger charge is -2.09. The van der Waals surface area contributed by atoms with Crippen LogP contribution in [-0.2, 0) is 15.3 Å². The van der Waals surface area contributed by atoms with Gasteiger partial charge >= 0.3 is 5.97 Å².